The molecule has 48 heavy (non-hydrogen) atoms. The first-order valence-electron chi connectivity index (χ1n) is 15.6. The van der Waals surface area contributed by atoms with E-state index in [9.17, 15) is 22.8 Å². The Balaban J connectivity index is 1.07. The highest BCUT2D eigenvalue weighted by molar-refractivity contribution is 8.15. The summed E-state index contributed by atoms with van der Waals surface area (Å²) in [7, 11) is 1.61. The number of urea groups is 1. The van der Waals surface area contributed by atoms with Crippen LogP contribution >= 0.6 is 11.8 Å². The topological polar surface area (TPSA) is 108 Å². The van der Waals surface area contributed by atoms with Crippen molar-refractivity contribution in [2.24, 2.45) is 4.99 Å². The highest BCUT2D eigenvalue weighted by Crippen LogP contribution is 2.39. The molecule has 1 N–H and O–H groups in total. The number of thioether (sulfide) groups is 1. The minimum Gasteiger partial charge on any atom is -0.497 e. The van der Waals surface area contributed by atoms with E-state index in [4.69, 9.17) is 4.74 Å². The van der Waals surface area contributed by atoms with Gasteiger partial charge in [-0.2, -0.15) is 4.99 Å². The number of nitrogens with one attached hydrogen (secondary N) is 1. The van der Waals surface area contributed by atoms with Gasteiger partial charge in [0.1, 0.15) is 17.8 Å². The number of Topliss-reactive ketones (excluding diaryl/α,β-unsaturated/α-hetero) is 1. The Morgan fingerprint density at radius 2 is 1.77 bits per heavy atom. The van der Waals surface area contributed by atoms with Crippen LogP contribution in [-0.2, 0) is 4.79 Å². The highest BCUT2D eigenvalue weighted by atomic mass is 32.2. The van der Waals surface area contributed by atoms with Crippen LogP contribution in [-0.4, -0.2) is 56.9 Å². The number of halogens is 3. The number of hydrogen-bond acceptors (Lipinski definition) is 7. The Kier molecular flexibility index (Phi) is 9.58. The standard InChI is InChI=1S/C35H34F3N5O4S/c1-20(2)29-17-27(46-3)14-15-28(29)31-30(44)18-48-33(31)41-34(45)40-24-9-8-23(16-24)21-4-6-22(7-5-21)32-39-19-43(42-32)25-10-12-26(13-11-25)47-35(36,37)38/h4-7,10-15,17,19-20,23-24,31H,8-9,16,18H2,1-3H3,(H,40,45). The van der Waals surface area contributed by atoms with Crippen molar-refractivity contribution in [3.8, 4) is 28.6 Å². The number of hydrogen-bond donors (Lipinski definition) is 1. The third-order valence-corrected chi connectivity index (χ3v) is 9.65. The second-order valence-electron chi connectivity index (χ2n) is 12.1. The molecule has 1 aromatic heterocycles. The third kappa shape index (κ3) is 7.56. The van der Waals surface area contributed by atoms with E-state index in [-0.39, 0.29) is 35.2 Å². The Bertz CT molecular complexity index is 1820. The Labute approximate surface area is 280 Å². The van der Waals surface area contributed by atoms with E-state index in [1.54, 1.807) is 7.11 Å². The number of carbonyl (C=O) groups is 2. The number of alkyl halides is 3. The molecule has 3 unspecified atom stereocenters. The van der Waals surface area contributed by atoms with E-state index in [1.165, 1.54) is 47.0 Å². The van der Waals surface area contributed by atoms with Gasteiger partial charge in [-0.05, 0) is 84.2 Å². The first-order valence-corrected chi connectivity index (χ1v) is 16.6. The average molecular weight is 678 g/mol. The number of nitrogens with zero attached hydrogens (tertiary/aromatic N) is 4. The fraction of sp³-hybridized carbons (Fsp3) is 0.343. The fourth-order valence-electron chi connectivity index (χ4n) is 6.24. The number of carbonyl (C=O) groups excluding carboxylic acids is 2. The summed E-state index contributed by atoms with van der Waals surface area (Å²) in [5, 5.41) is 8.06. The van der Waals surface area contributed by atoms with Gasteiger partial charge in [0.15, 0.2) is 11.6 Å². The molecule has 1 aliphatic carbocycles. The predicted molar refractivity (Wildman–Crippen MR) is 177 cm³/mol. The summed E-state index contributed by atoms with van der Waals surface area (Å²) in [6.45, 7) is 4.13. The number of aromatic nitrogens is 3. The third-order valence-electron chi connectivity index (χ3n) is 8.60. The van der Waals surface area contributed by atoms with Crippen LogP contribution in [0.2, 0.25) is 0 Å². The zero-order valence-electron chi connectivity index (χ0n) is 26.5. The van der Waals surface area contributed by atoms with Gasteiger partial charge in [-0.25, -0.2) is 14.5 Å². The maximum atomic E-state index is 13.1. The normalized spacial score (nSPS) is 20.4. The van der Waals surface area contributed by atoms with Crippen molar-refractivity contribution in [2.45, 2.75) is 63.3 Å². The molecule has 2 aliphatic rings. The van der Waals surface area contributed by atoms with Gasteiger partial charge in [-0.1, -0.05) is 44.2 Å². The van der Waals surface area contributed by atoms with Gasteiger partial charge < -0.3 is 14.8 Å². The van der Waals surface area contributed by atoms with Gasteiger partial charge in [-0.3, -0.25) is 4.79 Å². The van der Waals surface area contributed by atoms with Crippen molar-refractivity contribution >= 4 is 28.6 Å². The zero-order chi connectivity index (χ0) is 34.0. The molecule has 2 fully saturated rings. The molecule has 0 radical (unpaired) electrons. The lowest BCUT2D eigenvalue weighted by atomic mass is 9.87. The summed E-state index contributed by atoms with van der Waals surface area (Å²) in [6, 6.07) is 18.5. The van der Waals surface area contributed by atoms with Gasteiger partial charge >= 0.3 is 12.4 Å². The van der Waals surface area contributed by atoms with Crippen molar-refractivity contribution in [3.63, 3.8) is 0 Å². The maximum absolute atomic E-state index is 13.1. The molecule has 9 nitrogen and oxygen atoms in total. The second kappa shape index (κ2) is 13.8. The lowest BCUT2D eigenvalue weighted by Gasteiger charge is -2.19. The molecule has 2 amide bonds. The van der Waals surface area contributed by atoms with E-state index in [1.807, 2.05) is 42.5 Å². The van der Waals surface area contributed by atoms with Crippen molar-refractivity contribution in [3.05, 3.63) is 89.7 Å². The Morgan fingerprint density at radius 1 is 1.04 bits per heavy atom. The van der Waals surface area contributed by atoms with E-state index in [0.717, 1.165) is 47.3 Å². The summed E-state index contributed by atoms with van der Waals surface area (Å²) in [6.07, 6.45) is -0.774. The smallest absolute Gasteiger partial charge is 0.497 e. The first-order chi connectivity index (χ1) is 23.0. The Morgan fingerprint density at radius 3 is 2.46 bits per heavy atom. The minimum atomic E-state index is -4.76. The molecule has 2 heterocycles. The molecular formula is C35H34F3N5O4S. The quantitative estimate of drug-likeness (QED) is 0.203. The highest BCUT2D eigenvalue weighted by Gasteiger charge is 2.36. The molecule has 0 bridgehead atoms. The molecule has 13 heteroatoms. The number of rotatable bonds is 8. The van der Waals surface area contributed by atoms with Gasteiger partial charge in [0.25, 0.3) is 0 Å². The second-order valence-corrected chi connectivity index (χ2v) is 13.1. The summed E-state index contributed by atoms with van der Waals surface area (Å²) >= 11 is 1.32. The molecule has 4 aromatic rings. The number of amides is 2. The first kappa shape index (κ1) is 33.3. The van der Waals surface area contributed by atoms with Crippen molar-refractivity contribution in [1.29, 1.82) is 0 Å². The van der Waals surface area contributed by atoms with Crippen LogP contribution in [0.1, 0.15) is 67.6 Å². The van der Waals surface area contributed by atoms with Crippen LogP contribution in [0.15, 0.2) is 78.0 Å². The molecule has 3 aromatic carbocycles. The van der Waals surface area contributed by atoms with E-state index in [2.05, 4.69) is 39.0 Å². The summed E-state index contributed by atoms with van der Waals surface area (Å²) in [4.78, 5) is 34.8. The van der Waals surface area contributed by atoms with Crippen LogP contribution in [0.4, 0.5) is 18.0 Å². The van der Waals surface area contributed by atoms with Crippen LogP contribution in [0.3, 0.4) is 0 Å². The molecule has 6 rings (SSSR count). The molecule has 1 aliphatic heterocycles. The van der Waals surface area contributed by atoms with Crippen LogP contribution < -0.4 is 14.8 Å². The molecule has 1 saturated carbocycles. The van der Waals surface area contributed by atoms with Crippen molar-refractivity contribution in [1.82, 2.24) is 20.1 Å². The van der Waals surface area contributed by atoms with Gasteiger partial charge in [-0.15, -0.1) is 30.0 Å². The molecule has 1 saturated heterocycles. The van der Waals surface area contributed by atoms with E-state index >= 15 is 0 Å². The fourth-order valence-corrected chi connectivity index (χ4v) is 7.27. The van der Waals surface area contributed by atoms with Gasteiger partial charge in [0.05, 0.1) is 29.5 Å². The number of ether oxygens (including phenoxy) is 2. The number of aliphatic imine (C=N–C) groups is 1. The Hall–Kier alpha value is -4.65. The summed E-state index contributed by atoms with van der Waals surface area (Å²) in [5.41, 5.74) is 4.35. The van der Waals surface area contributed by atoms with Gasteiger partial charge in [0, 0.05) is 11.6 Å². The van der Waals surface area contributed by atoms with Crippen LogP contribution in [0, 0.1) is 0 Å². The molecular weight excluding hydrogens is 643 g/mol. The molecule has 250 valence electrons. The maximum Gasteiger partial charge on any atom is 0.573 e. The average Bonchev–Trinajstić information content (AvgIpc) is 3.81. The van der Waals surface area contributed by atoms with Crippen molar-refractivity contribution in [2.75, 3.05) is 12.9 Å². The minimum absolute atomic E-state index is 0.0374. The SMILES string of the molecule is COc1ccc(C2C(=O)CSC2=NC(=O)NC2CCC(c3ccc(-c4ncn(-c5ccc(OC(F)(F)F)cc5)n4)cc3)C2)c(C(C)C)c1. The molecule has 0 spiro atoms. The lowest BCUT2D eigenvalue weighted by Crippen LogP contribution is -2.31. The molecule has 3 atom stereocenters. The van der Waals surface area contributed by atoms with Crippen LogP contribution in [0.5, 0.6) is 11.5 Å². The summed E-state index contributed by atoms with van der Waals surface area (Å²) < 4.78 is 48.2. The summed E-state index contributed by atoms with van der Waals surface area (Å²) in [5.74, 6) is 1.07. The predicted octanol–water partition coefficient (Wildman–Crippen LogP) is 7.81. The number of ketones is 1. The largest absolute Gasteiger partial charge is 0.573 e. The van der Waals surface area contributed by atoms with E-state index < -0.39 is 18.3 Å². The van der Waals surface area contributed by atoms with Gasteiger partial charge in [0.2, 0.25) is 0 Å². The van der Waals surface area contributed by atoms with Crippen molar-refractivity contribution < 1.29 is 32.2 Å². The number of methoxy groups -OCH3 is 1. The lowest BCUT2D eigenvalue weighted by molar-refractivity contribution is -0.274. The number of benzene rings is 3. The monoisotopic (exact) mass is 677 g/mol. The van der Waals surface area contributed by atoms with Crippen LogP contribution in [0.25, 0.3) is 17.1 Å². The van der Waals surface area contributed by atoms with E-state index in [0.29, 0.717) is 16.6 Å². The zero-order valence-corrected chi connectivity index (χ0v) is 27.3.